The fraction of sp³-hybridized carbons (Fsp3) is 0.278. The van der Waals surface area contributed by atoms with Crippen molar-refractivity contribution in [3.63, 3.8) is 0 Å². The maximum Gasteiger partial charge on any atom is 0.307 e. The maximum atomic E-state index is 11.3. The molecule has 0 unspecified atom stereocenters. The Morgan fingerprint density at radius 1 is 1.17 bits per heavy atom. The second-order valence-corrected chi connectivity index (χ2v) is 7.67. The normalized spacial score (nSPS) is 12.8. The summed E-state index contributed by atoms with van der Waals surface area (Å²) in [5.74, 6) is -0.855. The molecule has 0 saturated carbocycles. The Hall–Kier alpha value is -2.18. The molecule has 0 heterocycles. The predicted molar refractivity (Wildman–Crippen MR) is 94.3 cm³/mol. The standard InChI is InChI=1S/C18H21NO4S/c1-12-16(11-18(20)21)5-4-6-17(12)15-9-7-14(8-10-15)13(2)19-24(3,22)23/h4-10,13,19H,11H2,1-3H3,(H,20,21)/t13-/m0/s1. The van der Waals surface area contributed by atoms with E-state index < -0.39 is 16.0 Å². The molecule has 5 nitrogen and oxygen atoms in total. The lowest BCUT2D eigenvalue weighted by atomic mass is 9.94. The summed E-state index contributed by atoms with van der Waals surface area (Å²) in [5.41, 5.74) is 4.54. The summed E-state index contributed by atoms with van der Waals surface area (Å²) < 4.78 is 25.2. The van der Waals surface area contributed by atoms with Gasteiger partial charge in [0.15, 0.2) is 0 Å². The van der Waals surface area contributed by atoms with Crippen LogP contribution < -0.4 is 4.72 Å². The average molecular weight is 347 g/mol. The molecule has 0 radical (unpaired) electrons. The molecule has 2 aromatic rings. The summed E-state index contributed by atoms with van der Waals surface area (Å²) in [5, 5.41) is 8.99. The first-order chi connectivity index (χ1) is 11.2. The van der Waals surface area contributed by atoms with Crippen LogP contribution in [0.2, 0.25) is 0 Å². The zero-order valence-corrected chi connectivity index (χ0v) is 14.7. The fourth-order valence-electron chi connectivity index (χ4n) is 2.69. The molecule has 2 rings (SSSR count). The number of carboxylic acid groups (broad SMARTS) is 1. The number of aliphatic carboxylic acids is 1. The van der Waals surface area contributed by atoms with Crippen LogP contribution in [0.4, 0.5) is 0 Å². The number of carbonyl (C=O) groups is 1. The number of rotatable bonds is 6. The van der Waals surface area contributed by atoms with Gasteiger partial charge in [0.2, 0.25) is 10.0 Å². The van der Waals surface area contributed by atoms with E-state index in [1.165, 1.54) is 0 Å². The van der Waals surface area contributed by atoms with Gasteiger partial charge in [0.1, 0.15) is 0 Å². The van der Waals surface area contributed by atoms with Crippen LogP contribution in [0.1, 0.15) is 29.7 Å². The van der Waals surface area contributed by atoms with E-state index in [9.17, 15) is 13.2 Å². The zero-order chi connectivity index (χ0) is 17.9. The number of hydrogen-bond donors (Lipinski definition) is 2. The summed E-state index contributed by atoms with van der Waals surface area (Å²) in [7, 11) is -3.26. The van der Waals surface area contributed by atoms with E-state index in [1.807, 2.05) is 49.4 Å². The van der Waals surface area contributed by atoms with Crippen molar-refractivity contribution in [2.75, 3.05) is 6.26 Å². The zero-order valence-electron chi connectivity index (χ0n) is 13.9. The van der Waals surface area contributed by atoms with E-state index in [0.717, 1.165) is 34.1 Å². The smallest absolute Gasteiger partial charge is 0.307 e. The molecule has 0 aliphatic carbocycles. The first-order valence-electron chi connectivity index (χ1n) is 7.55. The van der Waals surface area contributed by atoms with E-state index in [0.29, 0.717) is 0 Å². The Morgan fingerprint density at radius 2 is 1.79 bits per heavy atom. The van der Waals surface area contributed by atoms with Gasteiger partial charge in [0.25, 0.3) is 0 Å². The Morgan fingerprint density at radius 3 is 2.33 bits per heavy atom. The number of carboxylic acids is 1. The summed E-state index contributed by atoms with van der Waals surface area (Å²) >= 11 is 0. The third kappa shape index (κ3) is 4.66. The average Bonchev–Trinajstić information content (AvgIpc) is 2.47. The van der Waals surface area contributed by atoms with Crippen LogP contribution >= 0.6 is 0 Å². The van der Waals surface area contributed by atoms with Gasteiger partial charge in [-0.15, -0.1) is 0 Å². The van der Waals surface area contributed by atoms with E-state index >= 15 is 0 Å². The van der Waals surface area contributed by atoms with Crippen molar-refractivity contribution >= 4 is 16.0 Å². The van der Waals surface area contributed by atoms with Crippen LogP contribution in [0, 0.1) is 6.92 Å². The molecule has 0 fully saturated rings. The van der Waals surface area contributed by atoms with Gasteiger partial charge >= 0.3 is 5.97 Å². The van der Waals surface area contributed by atoms with Crippen LogP contribution in [0.25, 0.3) is 11.1 Å². The first kappa shape index (κ1) is 18.2. The van der Waals surface area contributed by atoms with E-state index in [2.05, 4.69) is 4.72 Å². The molecule has 0 spiro atoms. The number of nitrogens with one attached hydrogen (secondary N) is 1. The highest BCUT2D eigenvalue weighted by molar-refractivity contribution is 7.88. The molecule has 0 aliphatic rings. The van der Waals surface area contributed by atoms with Crippen molar-refractivity contribution in [2.24, 2.45) is 0 Å². The molecule has 0 amide bonds. The third-order valence-electron chi connectivity index (χ3n) is 3.90. The van der Waals surface area contributed by atoms with Gasteiger partial charge in [-0.3, -0.25) is 4.79 Å². The molecule has 24 heavy (non-hydrogen) atoms. The molecule has 0 bridgehead atoms. The maximum absolute atomic E-state index is 11.3. The lowest BCUT2D eigenvalue weighted by Gasteiger charge is -2.14. The Balaban J connectivity index is 2.30. The topological polar surface area (TPSA) is 83.5 Å². The molecule has 0 saturated heterocycles. The highest BCUT2D eigenvalue weighted by Crippen LogP contribution is 2.27. The highest BCUT2D eigenvalue weighted by atomic mass is 32.2. The van der Waals surface area contributed by atoms with Crippen LogP contribution in [-0.4, -0.2) is 25.7 Å². The molecule has 0 aliphatic heterocycles. The molecule has 1 atom stereocenters. The van der Waals surface area contributed by atoms with Crippen molar-refractivity contribution in [3.05, 3.63) is 59.2 Å². The Bertz CT molecular complexity index is 842. The van der Waals surface area contributed by atoms with Gasteiger partial charge < -0.3 is 5.11 Å². The van der Waals surface area contributed by atoms with E-state index in [4.69, 9.17) is 5.11 Å². The van der Waals surface area contributed by atoms with Gasteiger partial charge in [0.05, 0.1) is 12.7 Å². The summed E-state index contributed by atoms with van der Waals surface area (Å²) in [6.45, 7) is 3.70. The van der Waals surface area contributed by atoms with Gasteiger partial charge in [-0.25, -0.2) is 13.1 Å². The minimum absolute atomic E-state index is 0.00687. The predicted octanol–water partition coefficient (Wildman–Crippen LogP) is 2.90. The van der Waals surface area contributed by atoms with Crippen molar-refractivity contribution in [1.29, 1.82) is 0 Å². The molecular formula is C18H21NO4S. The second-order valence-electron chi connectivity index (χ2n) is 5.89. The Labute approximate surface area is 142 Å². The van der Waals surface area contributed by atoms with Crippen LogP contribution in [-0.2, 0) is 21.2 Å². The van der Waals surface area contributed by atoms with Crippen molar-refractivity contribution in [1.82, 2.24) is 4.72 Å². The summed E-state index contributed by atoms with van der Waals surface area (Å²) in [6.07, 6.45) is 1.13. The second kappa shape index (κ2) is 7.15. The van der Waals surface area contributed by atoms with Gasteiger partial charge in [-0.1, -0.05) is 42.5 Å². The summed E-state index contributed by atoms with van der Waals surface area (Å²) in [4.78, 5) is 10.9. The Kier molecular flexibility index (Phi) is 5.41. The van der Waals surface area contributed by atoms with Crippen LogP contribution in [0.15, 0.2) is 42.5 Å². The van der Waals surface area contributed by atoms with Crippen molar-refractivity contribution in [2.45, 2.75) is 26.3 Å². The minimum Gasteiger partial charge on any atom is -0.481 e. The highest BCUT2D eigenvalue weighted by Gasteiger charge is 2.12. The fourth-order valence-corrected chi connectivity index (χ4v) is 3.47. The number of hydrogen-bond acceptors (Lipinski definition) is 3. The largest absolute Gasteiger partial charge is 0.481 e. The SMILES string of the molecule is Cc1c(CC(=O)O)cccc1-c1ccc([C@H](C)NS(C)(=O)=O)cc1. The van der Waals surface area contributed by atoms with Crippen molar-refractivity contribution in [3.8, 4) is 11.1 Å². The molecular weight excluding hydrogens is 326 g/mol. The molecule has 6 heteroatoms. The lowest BCUT2D eigenvalue weighted by Crippen LogP contribution is -2.25. The van der Waals surface area contributed by atoms with Gasteiger partial charge in [-0.2, -0.15) is 0 Å². The first-order valence-corrected chi connectivity index (χ1v) is 9.44. The summed E-state index contributed by atoms with van der Waals surface area (Å²) in [6, 6.07) is 12.9. The van der Waals surface area contributed by atoms with Crippen molar-refractivity contribution < 1.29 is 18.3 Å². The minimum atomic E-state index is -3.26. The van der Waals surface area contributed by atoms with Gasteiger partial charge in [0, 0.05) is 6.04 Å². The van der Waals surface area contributed by atoms with E-state index in [-0.39, 0.29) is 12.5 Å². The molecule has 128 valence electrons. The monoisotopic (exact) mass is 347 g/mol. The molecule has 0 aromatic heterocycles. The number of benzene rings is 2. The molecule has 2 aromatic carbocycles. The van der Waals surface area contributed by atoms with Crippen LogP contribution in [0.5, 0.6) is 0 Å². The van der Waals surface area contributed by atoms with Crippen LogP contribution in [0.3, 0.4) is 0 Å². The molecule has 2 N–H and O–H groups in total. The quantitative estimate of drug-likeness (QED) is 0.841. The van der Waals surface area contributed by atoms with E-state index in [1.54, 1.807) is 6.92 Å². The lowest BCUT2D eigenvalue weighted by molar-refractivity contribution is -0.136. The van der Waals surface area contributed by atoms with Gasteiger partial charge in [-0.05, 0) is 41.7 Å². The third-order valence-corrected chi connectivity index (χ3v) is 4.68. The number of sulfonamides is 1.